The van der Waals surface area contributed by atoms with E-state index < -0.39 is 0 Å². The first-order valence-corrected chi connectivity index (χ1v) is 6.90. The Balaban J connectivity index is 2.03. The van der Waals surface area contributed by atoms with E-state index in [1.165, 1.54) is 0 Å². The van der Waals surface area contributed by atoms with Crippen molar-refractivity contribution in [2.24, 2.45) is 5.92 Å². The maximum absolute atomic E-state index is 11.6. The van der Waals surface area contributed by atoms with Gasteiger partial charge in [-0.3, -0.25) is 4.79 Å². The number of hydrogen-bond acceptors (Lipinski definition) is 3. The monoisotopic (exact) mass is 284 g/mol. The zero-order chi connectivity index (χ0) is 15.2. The summed E-state index contributed by atoms with van der Waals surface area (Å²) in [7, 11) is 1.64. The molecule has 0 bridgehead atoms. The van der Waals surface area contributed by atoms with E-state index in [0.29, 0.717) is 0 Å². The summed E-state index contributed by atoms with van der Waals surface area (Å²) in [6, 6.07) is 15.3. The lowest BCUT2D eigenvalue weighted by Crippen LogP contribution is -2.17. The molecule has 1 amide bonds. The van der Waals surface area contributed by atoms with Crippen LogP contribution in [0.3, 0.4) is 0 Å². The van der Waals surface area contributed by atoms with E-state index in [4.69, 9.17) is 4.74 Å². The molecule has 4 nitrogen and oxygen atoms in total. The highest BCUT2D eigenvalue weighted by atomic mass is 16.5. The third kappa shape index (κ3) is 4.24. The molecule has 0 atom stereocenters. The number of hydrogen-bond donors (Lipinski definition) is 2. The quantitative estimate of drug-likeness (QED) is 0.871. The zero-order valence-corrected chi connectivity index (χ0v) is 12.5. The molecular weight excluding hydrogens is 264 g/mol. The van der Waals surface area contributed by atoms with Crippen LogP contribution in [0.1, 0.15) is 13.8 Å². The van der Waals surface area contributed by atoms with Crippen LogP contribution in [0.2, 0.25) is 0 Å². The minimum atomic E-state index is -0.0282. The molecule has 0 aliphatic heterocycles. The molecule has 2 rings (SSSR count). The van der Waals surface area contributed by atoms with Crippen LogP contribution in [-0.4, -0.2) is 13.0 Å². The van der Waals surface area contributed by atoms with Gasteiger partial charge in [0.25, 0.3) is 0 Å². The third-order valence-electron chi connectivity index (χ3n) is 3.04. The molecule has 110 valence electrons. The summed E-state index contributed by atoms with van der Waals surface area (Å²) in [5.41, 5.74) is 2.70. The second kappa shape index (κ2) is 6.79. The average molecular weight is 284 g/mol. The number of methoxy groups -OCH3 is 1. The van der Waals surface area contributed by atoms with E-state index in [1.807, 2.05) is 62.4 Å². The summed E-state index contributed by atoms with van der Waals surface area (Å²) in [4.78, 5) is 11.6. The highest BCUT2D eigenvalue weighted by Crippen LogP contribution is 2.22. The van der Waals surface area contributed by atoms with Gasteiger partial charge < -0.3 is 15.4 Å². The molecule has 2 N–H and O–H groups in total. The molecule has 0 heterocycles. The summed E-state index contributed by atoms with van der Waals surface area (Å²) in [6.07, 6.45) is 0. The largest absolute Gasteiger partial charge is 0.497 e. The molecule has 2 aromatic rings. The van der Waals surface area contributed by atoms with Gasteiger partial charge in [0, 0.05) is 29.0 Å². The van der Waals surface area contributed by atoms with Crippen molar-refractivity contribution in [2.45, 2.75) is 13.8 Å². The van der Waals surface area contributed by atoms with Gasteiger partial charge >= 0.3 is 0 Å². The van der Waals surface area contributed by atoms with E-state index in [9.17, 15) is 4.79 Å². The number of benzene rings is 2. The molecule has 0 saturated heterocycles. The molecule has 21 heavy (non-hydrogen) atoms. The van der Waals surface area contributed by atoms with E-state index in [2.05, 4.69) is 10.6 Å². The normalized spacial score (nSPS) is 10.3. The Hall–Kier alpha value is -2.49. The Labute approximate surface area is 125 Å². The fourth-order valence-corrected chi connectivity index (χ4v) is 1.79. The average Bonchev–Trinajstić information content (AvgIpc) is 2.49. The molecule has 0 aliphatic carbocycles. The Morgan fingerprint density at radius 3 is 2.29 bits per heavy atom. The molecular formula is C17H20N2O2. The Morgan fingerprint density at radius 2 is 1.67 bits per heavy atom. The van der Waals surface area contributed by atoms with Gasteiger partial charge in [-0.15, -0.1) is 0 Å². The lowest BCUT2D eigenvalue weighted by atomic mass is 10.2. The van der Waals surface area contributed by atoms with Crippen molar-refractivity contribution in [3.63, 3.8) is 0 Å². The molecule has 4 heteroatoms. The fourth-order valence-electron chi connectivity index (χ4n) is 1.79. The van der Waals surface area contributed by atoms with Gasteiger partial charge in [-0.2, -0.15) is 0 Å². The van der Waals surface area contributed by atoms with Crippen molar-refractivity contribution in [1.29, 1.82) is 0 Å². The van der Waals surface area contributed by atoms with Gasteiger partial charge in [0.1, 0.15) is 5.75 Å². The van der Waals surface area contributed by atoms with Crippen molar-refractivity contribution in [3.05, 3.63) is 48.5 Å². The van der Waals surface area contributed by atoms with Crippen molar-refractivity contribution in [3.8, 4) is 5.75 Å². The van der Waals surface area contributed by atoms with Gasteiger partial charge in [0.2, 0.25) is 5.91 Å². The molecule has 0 spiro atoms. The smallest absolute Gasteiger partial charge is 0.226 e. The number of anilines is 3. The second-order valence-corrected chi connectivity index (χ2v) is 5.08. The maximum Gasteiger partial charge on any atom is 0.226 e. The molecule has 0 radical (unpaired) electrons. The van der Waals surface area contributed by atoms with Gasteiger partial charge in [-0.25, -0.2) is 0 Å². The van der Waals surface area contributed by atoms with E-state index in [-0.39, 0.29) is 11.8 Å². The number of carbonyl (C=O) groups is 1. The predicted octanol–water partition coefficient (Wildman–Crippen LogP) is 4.03. The predicted molar refractivity (Wildman–Crippen MR) is 86.2 cm³/mol. The summed E-state index contributed by atoms with van der Waals surface area (Å²) < 4.78 is 5.19. The van der Waals surface area contributed by atoms with Crippen LogP contribution in [0.25, 0.3) is 0 Å². The van der Waals surface area contributed by atoms with Gasteiger partial charge in [-0.05, 0) is 36.4 Å². The first-order chi connectivity index (χ1) is 10.1. The number of ether oxygens (including phenoxy) is 1. The van der Waals surface area contributed by atoms with Crippen LogP contribution in [0.5, 0.6) is 5.75 Å². The van der Waals surface area contributed by atoms with Crippen LogP contribution >= 0.6 is 0 Å². The molecule has 0 fully saturated rings. The SMILES string of the molecule is COc1cccc(Nc2ccc(NC(=O)C(C)C)cc2)c1. The molecule has 0 unspecified atom stereocenters. The highest BCUT2D eigenvalue weighted by Gasteiger charge is 2.06. The zero-order valence-electron chi connectivity index (χ0n) is 12.5. The van der Waals surface area contributed by atoms with Crippen molar-refractivity contribution in [2.75, 3.05) is 17.7 Å². The highest BCUT2D eigenvalue weighted by molar-refractivity contribution is 5.92. The van der Waals surface area contributed by atoms with E-state index >= 15 is 0 Å². The number of amides is 1. The standard InChI is InChI=1S/C17H20N2O2/c1-12(2)17(20)19-14-9-7-13(8-10-14)18-15-5-4-6-16(11-15)21-3/h4-12,18H,1-3H3,(H,19,20). The minimum Gasteiger partial charge on any atom is -0.497 e. The number of rotatable bonds is 5. The molecule has 2 aromatic carbocycles. The van der Waals surface area contributed by atoms with E-state index in [0.717, 1.165) is 22.8 Å². The first-order valence-electron chi connectivity index (χ1n) is 6.90. The Kier molecular flexibility index (Phi) is 4.82. The molecule has 0 aromatic heterocycles. The lowest BCUT2D eigenvalue weighted by Gasteiger charge is -2.10. The minimum absolute atomic E-state index is 0.0171. The van der Waals surface area contributed by atoms with Crippen LogP contribution in [0.15, 0.2) is 48.5 Å². The maximum atomic E-state index is 11.6. The second-order valence-electron chi connectivity index (χ2n) is 5.08. The van der Waals surface area contributed by atoms with Gasteiger partial charge in [0.15, 0.2) is 0 Å². The van der Waals surface area contributed by atoms with Crippen molar-refractivity contribution >= 4 is 23.0 Å². The van der Waals surface area contributed by atoms with Crippen LogP contribution in [-0.2, 0) is 4.79 Å². The number of nitrogens with one attached hydrogen (secondary N) is 2. The third-order valence-corrected chi connectivity index (χ3v) is 3.04. The fraction of sp³-hybridized carbons (Fsp3) is 0.235. The van der Waals surface area contributed by atoms with Crippen molar-refractivity contribution < 1.29 is 9.53 Å². The van der Waals surface area contributed by atoms with E-state index in [1.54, 1.807) is 7.11 Å². The molecule has 0 saturated carbocycles. The van der Waals surface area contributed by atoms with Crippen LogP contribution in [0, 0.1) is 5.92 Å². The lowest BCUT2D eigenvalue weighted by molar-refractivity contribution is -0.118. The van der Waals surface area contributed by atoms with Crippen molar-refractivity contribution in [1.82, 2.24) is 0 Å². The summed E-state index contributed by atoms with van der Waals surface area (Å²) >= 11 is 0. The van der Waals surface area contributed by atoms with Crippen LogP contribution in [0.4, 0.5) is 17.1 Å². The van der Waals surface area contributed by atoms with Crippen LogP contribution < -0.4 is 15.4 Å². The Morgan fingerprint density at radius 1 is 1.00 bits per heavy atom. The van der Waals surface area contributed by atoms with Gasteiger partial charge in [-0.1, -0.05) is 19.9 Å². The summed E-state index contributed by atoms with van der Waals surface area (Å²) in [5, 5.41) is 6.15. The first kappa shape index (κ1) is 14.9. The van der Waals surface area contributed by atoms with Gasteiger partial charge in [0.05, 0.1) is 7.11 Å². The summed E-state index contributed by atoms with van der Waals surface area (Å²) in [6.45, 7) is 3.74. The topological polar surface area (TPSA) is 50.4 Å². The molecule has 0 aliphatic rings. The summed E-state index contributed by atoms with van der Waals surface area (Å²) in [5.74, 6) is 0.795. The Bertz CT molecular complexity index is 606. The number of carbonyl (C=O) groups excluding carboxylic acids is 1.